The standard InChI is InChI=1S/C13H20N2/c1-10(2)12-8-11(9-15(12)4)14-13(3)6-5-7-13/h8-9,14H,1,5-7H2,2-4H3. The van der Waals surface area contributed by atoms with Crippen molar-refractivity contribution in [3.05, 3.63) is 24.5 Å². The van der Waals surface area contributed by atoms with E-state index in [0.717, 1.165) is 5.57 Å². The fourth-order valence-corrected chi connectivity index (χ4v) is 2.24. The number of hydrogen-bond acceptors (Lipinski definition) is 1. The SMILES string of the molecule is C=C(C)c1cc(NC2(C)CCC2)cn1C. The molecule has 0 atom stereocenters. The van der Waals surface area contributed by atoms with E-state index in [2.05, 4.69) is 42.7 Å². The molecule has 15 heavy (non-hydrogen) atoms. The summed E-state index contributed by atoms with van der Waals surface area (Å²) in [7, 11) is 2.07. The quantitative estimate of drug-likeness (QED) is 0.798. The number of anilines is 1. The first-order chi connectivity index (χ1) is 7.00. The molecule has 0 aliphatic heterocycles. The van der Waals surface area contributed by atoms with E-state index in [1.165, 1.54) is 30.6 Å². The van der Waals surface area contributed by atoms with Crippen LogP contribution in [0.1, 0.15) is 38.8 Å². The number of nitrogens with one attached hydrogen (secondary N) is 1. The predicted octanol–water partition coefficient (Wildman–Crippen LogP) is 3.41. The topological polar surface area (TPSA) is 17.0 Å². The summed E-state index contributed by atoms with van der Waals surface area (Å²) in [5.74, 6) is 0. The van der Waals surface area contributed by atoms with Gasteiger partial charge in [0.05, 0.1) is 5.69 Å². The number of hydrogen-bond donors (Lipinski definition) is 1. The summed E-state index contributed by atoms with van der Waals surface area (Å²) >= 11 is 0. The highest BCUT2D eigenvalue weighted by molar-refractivity contribution is 5.64. The summed E-state index contributed by atoms with van der Waals surface area (Å²) in [4.78, 5) is 0. The van der Waals surface area contributed by atoms with Crippen molar-refractivity contribution in [1.29, 1.82) is 0 Å². The van der Waals surface area contributed by atoms with Gasteiger partial charge >= 0.3 is 0 Å². The maximum absolute atomic E-state index is 3.98. The Labute approximate surface area is 92.0 Å². The van der Waals surface area contributed by atoms with Gasteiger partial charge in [-0.15, -0.1) is 0 Å². The summed E-state index contributed by atoms with van der Waals surface area (Å²) < 4.78 is 2.13. The minimum Gasteiger partial charge on any atom is -0.379 e. The van der Waals surface area contributed by atoms with Gasteiger partial charge in [0.2, 0.25) is 0 Å². The average Bonchev–Trinajstić information content (AvgIpc) is 2.44. The lowest BCUT2D eigenvalue weighted by Crippen LogP contribution is -2.41. The highest BCUT2D eigenvalue weighted by atomic mass is 15.0. The summed E-state index contributed by atoms with van der Waals surface area (Å²) in [6.07, 6.45) is 6.06. The molecule has 1 saturated carbocycles. The van der Waals surface area contributed by atoms with E-state index >= 15 is 0 Å². The number of rotatable bonds is 3. The molecule has 0 radical (unpaired) electrons. The second-order valence-electron chi connectivity index (χ2n) is 5.04. The van der Waals surface area contributed by atoms with Crippen molar-refractivity contribution in [2.75, 3.05) is 5.32 Å². The fraction of sp³-hybridized carbons (Fsp3) is 0.538. The van der Waals surface area contributed by atoms with Gasteiger partial charge in [-0.2, -0.15) is 0 Å². The molecule has 0 amide bonds. The lowest BCUT2D eigenvalue weighted by atomic mass is 9.78. The van der Waals surface area contributed by atoms with E-state index in [1.807, 2.05) is 6.92 Å². The van der Waals surface area contributed by atoms with Gasteiger partial charge in [0.15, 0.2) is 0 Å². The Morgan fingerprint density at radius 3 is 2.60 bits per heavy atom. The third-order valence-electron chi connectivity index (χ3n) is 3.35. The van der Waals surface area contributed by atoms with Gasteiger partial charge in [0.1, 0.15) is 0 Å². The van der Waals surface area contributed by atoms with Gasteiger partial charge in [-0.1, -0.05) is 6.58 Å². The number of aromatic nitrogens is 1. The van der Waals surface area contributed by atoms with Crippen molar-refractivity contribution in [3.63, 3.8) is 0 Å². The first-order valence-corrected chi connectivity index (χ1v) is 5.61. The molecule has 2 rings (SSSR count). The van der Waals surface area contributed by atoms with E-state index < -0.39 is 0 Å². The molecule has 1 aromatic rings. The molecule has 0 aromatic carbocycles. The Hall–Kier alpha value is -1.18. The van der Waals surface area contributed by atoms with Gasteiger partial charge in [-0.05, 0) is 44.7 Å². The zero-order chi connectivity index (χ0) is 11.1. The van der Waals surface area contributed by atoms with Crippen molar-refractivity contribution < 1.29 is 0 Å². The zero-order valence-corrected chi connectivity index (χ0v) is 9.93. The van der Waals surface area contributed by atoms with Crippen LogP contribution in [0.15, 0.2) is 18.8 Å². The van der Waals surface area contributed by atoms with E-state index in [1.54, 1.807) is 0 Å². The Morgan fingerprint density at radius 1 is 1.53 bits per heavy atom. The normalized spacial score (nSPS) is 18.3. The number of aryl methyl sites for hydroxylation is 1. The molecule has 1 aliphatic rings. The molecule has 0 bridgehead atoms. The molecule has 2 nitrogen and oxygen atoms in total. The Balaban J connectivity index is 2.16. The van der Waals surface area contributed by atoms with Gasteiger partial charge in [-0.25, -0.2) is 0 Å². The maximum atomic E-state index is 3.98. The molecule has 0 unspecified atom stereocenters. The van der Waals surface area contributed by atoms with E-state index in [9.17, 15) is 0 Å². The Bertz CT molecular complexity index is 383. The van der Waals surface area contributed by atoms with Crippen molar-refractivity contribution in [2.24, 2.45) is 7.05 Å². The van der Waals surface area contributed by atoms with Gasteiger partial charge in [-0.3, -0.25) is 0 Å². The highest BCUT2D eigenvalue weighted by Crippen LogP contribution is 2.35. The molecule has 2 heteroatoms. The monoisotopic (exact) mass is 204 g/mol. The molecule has 1 heterocycles. The first-order valence-electron chi connectivity index (χ1n) is 5.61. The minimum absolute atomic E-state index is 0.327. The van der Waals surface area contributed by atoms with Crippen LogP contribution in [0.2, 0.25) is 0 Å². The zero-order valence-electron chi connectivity index (χ0n) is 9.93. The van der Waals surface area contributed by atoms with Gasteiger partial charge in [0, 0.05) is 24.5 Å². The highest BCUT2D eigenvalue weighted by Gasteiger charge is 2.31. The maximum Gasteiger partial charge on any atom is 0.0530 e. The van der Waals surface area contributed by atoms with Gasteiger partial charge < -0.3 is 9.88 Å². The summed E-state index contributed by atoms with van der Waals surface area (Å²) in [5.41, 5.74) is 3.87. The molecule has 1 aromatic heterocycles. The summed E-state index contributed by atoms with van der Waals surface area (Å²) in [5, 5.41) is 3.61. The lowest BCUT2D eigenvalue weighted by Gasteiger charge is -2.39. The molecular weight excluding hydrogens is 184 g/mol. The molecule has 82 valence electrons. The van der Waals surface area contributed by atoms with Gasteiger partial charge in [0.25, 0.3) is 0 Å². The van der Waals surface area contributed by atoms with E-state index in [4.69, 9.17) is 0 Å². The molecule has 0 saturated heterocycles. The van der Waals surface area contributed by atoms with Crippen LogP contribution in [0.4, 0.5) is 5.69 Å². The van der Waals surface area contributed by atoms with Crippen LogP contribution in [0, 0.1) is 0 Å². The van der Waals surface area contributed by atoms with Crippen LogP contribution in [0.25, 0.3) is 5.57 Å². The van der Waals surface area contributed by atoms with Crippen molar-refractivity contribution in [2.45, 2.75) is 38.6 Å². The van der Waals surface area contributed by atoms with Crippen molar-refractivity contribution in [1.82, 2.24) is 4.57 Å². The smallest absolute Gasteiger partial charge is 0.0530 e. The van der Waals surface area contributed by atoms with Crippen LogP contribution in [0.5, 0.6) is 0 Å². The largest absolute Gasteiger partial charge is 0.379 e. The van der Waals surface area contributed by atoms with Crippen LogP contribution in [-0.2, 0) is 7.05 Å². The second-order valence-corrected chi connectivity index (χ2v) is 5.04. The molecule has 1 aliphatic carbocycles. The first kappa shape index (κ1) is 10.3. The fourth-order valence-electron chi connectivity index (χ4n) is 2.24. The minimum atomic E-state index is 0.327. The molecule has 1 N–H and O–H groups in total. The lowest BCUT2D eigenvalue weighted by molar-refractivity contribution is 0.306. The number of allylic oxidation sites excluding steroid dienone is 1. The van der Waals surface area contributed by atoms with Crippen molar-refractivity contribution >= 4 is 11.3 Å². The molecule has 1 fully saturated rings. The van der Waals surface area contributed by atoms with Crippen LogP contribution >= 0.6 is 0 Å². The Kier molecular flexibility index (Phi) is 2.37. The summed E-state index contributed by atoms with van der Waals surface area (Å²) in [6, 6.07) is 2.19. The predicted molar refractivity (Wildman–Crippen MR) is 66.0 cm³/mol. The van der Waals surface area contributed by atoms with Crippen LogP contribution in [0.3, 0.4) is 0 Å². The molecular formula is C13H20N2. The number of nitrogens with zero attached hydrogens (tertiary/aromatic N) is 1. The van der Waals surface area contributed by atoms with Crippen LogP contribution in [-0.4, -0.2) is 10.1 Å². The average molecular weight is 204 g/mol. The van der Waals surface area contributed by atoms with E-state index in [0.29, 0.717) is 5.54 Å². The summed E-state index contributed by atoms with van der Waals surface area (Å²) in [6.45, 7) is 8.32. The van der Waals surface area contributed by atoms with Crippen LogP contribution < -0.4 is 5.32 Å². The Morgan fingerprint density at radius 2 is 2.20 bits per heavy atom. The van der Waals surface area contributed by atoms with E-state index in [-0.39, 0.29) is 0 Å². The third kappa shape index (κ3) is 1.94. The third-order valence-corrected chi connectivity index (χ3v) is 3.35. The van der Waals surface area contributed by atoms with Crippen molar-refractivity contribution in [3.8, 4) is 0 Å². The molecule has 0 spiro atoms. The second kappa shape index (κ2) is 3.44.